The lowest BCUT2D eigenvalue weighted by atomic mass is 9.76. The molecule has 7 heteroatoms. The molecule has 0 aromatic rings. The van der Waals surface area contributed by atoms with Gasteiger partial charge in [0.25, 0.3) is 0 Å². The number of amides is 1. The summed E-state index contributed by atoms with van der Waals surface area (Å²) in [6, 6.07) is 0. The summed E-state index contributed by atoms with van der Waals surface area (Å²) >= 11 is 0. The number of carbonyl (C=O) groups is 3. The number of nitrogens with one attached hydrogen (secondary N) is 1. The second-order valence-corrected chi connectivity index (χ2v) is 9.40. The summed E-state index contributed by atoms with van der Waals surface area (Å²) in [5.74, 6) is -0.956. The molecule has 0 saturated carbocycles. The number of esters is 2. The van der Waals surface area contributed by atoms with Gasteiger partial charge in [-0.2, -0.15) is 0 Å². The Bertz CT molecular complexity index is 562. The molecule has 0 spiro atoms. The van der Waals surface area contributed by atoms with E-state index in [1.165, 1.54) is 6.92 Å². The Kier molecular flexibility index (Phi) is 11.8. The van der Waals surface area contributed by atoms with Gasteiger partial charge in [0.2, 0.25) is 5.91 Å². The highest BCUT2D eigenvalue weighted by Gasteiger charge is 2.32. The summed E-state index contributed by atoms with van der Waals surface area (Å²) in [5, 5.41) is 12.6. The standard InChI is InChI=1S/C22H39NO6/c1-16(2)19(26)29-14-17(24)13-28-18(25)11-9-8-10-12-23-20(27)22(6,7)15-21(3,4)5/h17,24H,1,8-15H2,2-7H3,(H,23,27). The summed E-state index contributed by atoms with van der Waals surface area (Å²) in [4.78, 5) is 35.2. The van der Waals surface area contributed by atoms with Crippen molar-refractivity contribution in [2.45, 2.75) is 79.8 Å². The molecule has 0 saturated heterocycles. The van der Waals surface area contributed by atoms with Crippen LogP contribution in [0, 0.1) is 10.8 Å². The topological polar surface area (TPSA) is 102 Å². The third-order valence-corrected chi connectivity index (χ3v) is 4.12. The Balaban J connectivity index is 3.85. The van der Waals surface area contributed by atoms with Crippen LogP contribution in [0.15, 0.2) is 12.2 Å². The molecule has 0 aromatic heterocycles. The minimum atomic E-state index is -1.06. The Labute approximate surface area is 175 Å². The predicted molar refractivity (Wildman–Crippen MR) is 112 cm³/mol. The van der Waals surface area contributed by atoms with Crippen molar-refractivity contribution in [1.29, 1.82) is 0 Å². The van der Waals surface area contributed by atoms with Gasteiger partial charge in [-0.1, -0.05) is 47.6 Å². The monoisotopic (exact) mass is 413 g/mol. The average molecular weight is 414 g/mol. The highest BCUT2D eigenvalue weighted by atomic mass is 16.6. The minimum absolute atomic E-state index is 0.0492. The summed E-state index contributed by atoms with van der Waals surface area (Å²) in [6.45, 7) is 15.3. The summed E-state index contributed by atoms with van der Waals surface area (Å²) < 4.78 is 9.74. The van der Waals surface area contributed by atoms with Crippen LogP contribution >= 0.6 is 0 Å². The number of ether oxygens (including phenoxy) is 2. The number of aliphatic hydroxyl groups excluding tert-OH is 1. The molecule has 0 heterocycles. The number of unbranched alkanes of at least 4 members (excludes halogenated alkanes) is 2. The fraction of sp³-hybridized carbons (Fsp3) is 0.773. The molecule has 0 aromatic carbocycles. The molecule has 0 bridgehead atoms. The van der Waals surface area contributed by atoms with Crippen LogP contribution in [-0.4, -0.2) is 48.8 Å². The van der Waals surface area contributed by atoms with Crippen LogP contribution in [0.2, 0.25) is 0 Å². The first-order valence-electron chi connectivity index (χ1n) is 10.2. The van der Waals surface area contributed by atoms with E-state index in [9.17, 15) is 19.5 Å². The quantitative estimate of drug-likeness (QED) is 0.273. The first-order valence-corrected chi connectivity index (χ1v) is 10.2. The number of rotatable bonds is 13. The van der Waals surface area contributed by atoms with E-state index in [4.69, 9.17) is 9.47 Å². The first-order chi connectivity index (χ1) is 13.2. The minimum Gasteiger partial charge on any atom is -0.463 e. The smallest absolute Gasteiger partial charge is 0.333 e. The zero-order valence-corrected chi connectivity index (χ0v) is 18.9. The van der Waals surface area contributed by atoms with E-state index in [1.54, 1.807) is 0 Å². The molecule has 0 radical (unpaired) electrons. The number of aliphatic hydroxyl groups is 1. The van der Waals surface area contributed by atoms with Gasteiger partial charge in [-0.3, -0.25) is 9.59 Å². The lowest BCUT2D eigenvalue weighted by molar-refractivity contribution is -0.150. The maximum Gasteiger partial charge on any atom is 0.333 e. The normalized spacial score (nSPS) is 12.8. The van der Waals surface area contributed by atoms with Crippen molar-refractivity contribution in [1.82, 2.24) is 5.32 Å². The number of carbonyl (C=O) groups excluding carboxylic acids is 3. The average Bonchev–Trinajstić information content (AvgIpc) is 2.58. The van der Waals surface area contributed by atoms with E-state index in [1.807, 2.05) is 13.8 Å². The molecular formula is C22H39NO6. The Hall–Kier alpha value is -1.89. The fourth-order valence-corrected chi connectivity index (χ4v) is 3.02. The van der Waals surface area contributed by atoms with Gasteiger partial charge in [-0.15, -0.1) is 0 Å². The zero-order chi connectivity index (χ0) is 22.7. The maximum atomic E-state index is 12.3. The molecule has 1 amide bonds. The highest BCUT2D eigenvalue weighted by Crippen LogP contribution is 2.33. The zero-order valence-electron chi connectivity index (χ0n) is 18.9. The van der Waals surface area contributed by atoms with Crippen molar-refractivity contribution < 1.29 is 29.0 Å². The van der Waals surface area contributed by atoms with E-state index < -0.39 is 23.5 Å². The van der Waals surface area contributed by atoms with E-state index >= 15 is 0 Å². The summed E-state index contributed by atoms with van der Waals surface area (Å²) in [7, 11) is 0. The van der Waals surface area contributed by atoms with Crippen molar-refractivity contribution in [3.63, 3.8) is 0 Å². The van der Waals surface area contributed by atoms with Crippen molar-refractivity contribution in [3.05, 3.63) is 12.2 Å². The van der Waals surface area contributed by atoms with Gasteiger partial charge in [0.1, 0.15) is 19.3 Å². The van der Waals surface area contributed by atoms with E-state index in [0.717, 1.165) is 19.3 Å². The van der Waals surface area contributed by atoms with E-state index in [0.29, 0.717) is 13.0 Å². The van der Waals surface area contributed by atoms with Crippen molar-refractivity contribution >= 4 is 17.8 Å². The number of hydrogen-bond donors (Lipinski definition) is 2. The SMILES string of the molecule is C=C(C)C(=O)OCC(O)COC(=O)CCCCCNC(=O)C(C)(C)CC(C)(C)C. The van der Waals surface area contributed by atoms with Crippen LogP contribution in [0.25, 0.3) is 0 Å². The molecule has 7 nitrogen and oxygen atoms in total. The largest absolute Gasteiger partial charge is 0.463 e. The summed E-state index contributed by atoms with van der Waals surface area (Å²) in [5.41, 5.74) is -0.0917. The van der Waals surface area contributed by atoms with Gasteiger partial charge < -0.3 is 19.9 Å². The molecule has 0 aliphatic carbocycles. The van der Waals surface area contributed by atoms with Gasteiger partial charge in [-0.25, -0.2) is 4.79 Å². The molecule has 0 aliphatic heterocycles. The second-order valence-electron chi connectivity index (χ2n) is 9.40. The Morgan fingerprint density at radius 1 is 1.00 bits per heavy atom. The van der Waals surface area contributed by atoms with Crippen molar-refractivity contribution in [2.75, 3.05) is 19.8 Å². The lowest BCUT2D eigenvalue weighted by Gasteiger charge is -2.31. The maximum absolute atomic E-state index is 12.3. The molecule has 1 atom stereocenters. The van der Waals surface area contributed by atoms with Crippen LogP contribution in [0.4, 0.5) is 0 Å². The molecule has 1 unspecified atom stereocenters. The first kappa shape index (κ1) is 27.1. The van der Waals surface area contributed by atoms with Crippen molar-refractivity contribution in [3.8, 4) is 0 Å². The fourth-order valence-electron chi connectivity index (χ4n) is 3.02. The molecule has 0 aliphatic rings. The van der Waals surface area contributed by atoms with Crippen LogP contribution in [0.1, 0.15) is 73.6 Å². The number of hydrogen-bond acceptors (Lipinski definition) is 6. The molecule has 168 valence electrons. The molecule has 2 N–H and O–H groups in total. The van der Waals surface area contributed by atoms with E-state index in [2.05, 4.69) is 32.7 Å². The molecular weight excluding hydrogens is 374 g/mol. The third-order valence-electron chi connectivity index (χ3n) is 4.12. The van der Waals surface area contributed by atoms with Gasteiger partial charge in [0.15, 0.2) is 0 Å². The van der Waals surface area contributed by atoms with Crippen molar-refractivity contribution in [2.24, 2.45) is 10.8 Å². The molecule has 29 heavy (non-hydrogen) atoms. The van der Waals surface area contributed by atoms with Crippen LogP contribution in [-0.2, 0) is 23.9 Å². The molecule has 0 fully saturated rings. The third kappa shape index (κ3) is 13.8. The van der Waals surface area contributed by atoms with Gasteiger partial charge >= 0.3 is 11.9 Å². The summed E-state index contributed by atoms with van der Waals surface area (Å²) in [6.07, 6.45) is 2.19. The van der Waals surface area contributed by atoms with Gasteiger partial charge in [-0.05, 0) is 31.6 Å². The molecule has 0 rings (SSSR count). The lowest BCUT2D eigenvalue weighted by Crippen LogP contribution is -2.39. The van der Waals surface area contributed by atoms with E-state index in [-0.39, 0.29) is 36.5 Å². The van der Waals surface area contributed by atoms with Gasteiger partial charge in [0.05, 0.1) is 0 Å². The van der Waals surface area contributed by atoms with Gasteiger partial charge in [0, 0.05) is 24.0 Å². The Morgan fingerprint density at radius 3 is 2.14 bits per heavy atom. The highest BCUT2D eigenvalue weighted by molar-refractivity contribution is 5.86. The van der Waals surface area contributed by atoms with Crippen LogP contribution < -0.4 is 5.32 Å². The Morgan fingerprint density at radius 2 is 1.59 bits per heavy atom. The van der Waals surface area contributed by atoms with Crippen LogP contribution in [0.5, 0.6) is 0 Å². The second kappa shape index (κ2) is 12.6. The predicted octanol–water partition coefficient (Wildman–Crippen LogP) is 3.15. The van der Waals surface area contributed by atoms with Crippen LogP contribution in [0.3, 0.4) is 0 Å².